The molecule has 0 radical (unpaired) electrons. The number of carbonyl (C=O) groups excluding carboxylic acids is 1. The van der Waals surface area contributed by atoms with Crippen LogP contribution in [0.5, 0.6) is 0 Å². The topological polar surface area (TPSA) is 149 Å². The van der Waals surface area contributed by atoms with Gasteiger partial charge in [0.05, 0.1) is 25.4 Å². The molecule has 1 heterocycles. The monoisotopic (exact) mass is 808 g/mol. The first kappa shape index (κ1) is 53.4. The van der Waals surface area contributed by atoms with Crippen molar-refractivity contribution in [3.8, 4) is 0 Å². The molecular formula is C48H89NO8. The molecule has 0 aliphatic carbocycles. The Morgan fingerprint density at radius 1 is 0.596 bits per heavy atom. The van der Waals surface area contributed by atoms with Crippen LogP contribution in [0.25, 0.3) is 0 Å². The summed E-state index contributed by atoms with van der Waals surface area (Å²) in [5, 5.41) is 54.1. The van der Waals surface area contributed by atoms with Gasteiger partial charge in [0, 0.05) is 6.42 Å². The van der Waals surface area contributed by atoms with Crippen LogP contribution in [-0.4, -0.2) is 87.5 Å². The summed E-state index contributed by atoms with van der Waals surface area (Å²) in [5.41, 5.74) is 0. The lowest BCUT2D eigenvalue weighted by Gasteiger charge is -2.40. The molecule has 57 heavy (non-hydrogen) atoms. The zero-order valence-corrected chi connectivity index (χ0v) is 36.6. The Balaban J connectivity index is 2.32. The van der Waals surface area contributed by atoms with E-state index in [9.17, 15) is 30.3 Å². The van der Waals surface area contributed by atoms with Gasteiger partial charge in [0.15, 0.2) is 6.29 Å². The van der Waals surface area contributed by atoms with E-state index >= 15 is 0 Å². The maximum atomic E-state index is 13.0. The van der Waals surface area contributed by atoms with Crippen LogP contribution in [-0.2, 0) is 14.3 Å². The predicted molar refractivity (Wildman–Crippen MR) is 235 cm³/mol. The summed E-state index contributed by atoms with van der Waals surface area (Å²) in [6.07, 6.45) is 40.5. The molecule has 1 rings (SSSR count). The minimum atomic E-state index is -1.57. The van der Waals surface area contributed by atoms with Gasteiger partial charge in [0.1, 0.15) is 24.4 Å². The number of nitrogens with one attached hydrogen (secondary N) is 1. The van der Waals surface area contributed by atoms with Crippen molar-refractivity contribution >= 4 is 5.91 Å². The largest absolute Gasteiger partial charge is 0.394 e. The zero-order valence-electron chi connectivity index (χ0n) is 36.6. The molecule has 0 unspecified atom stereocenters. The second-order valence-electron chi connectivity index (χ2n) is 16.5. The molecule has 7 atom stereocenters. The third-order valence-corrected chi connectivity index (χ3v) is 11.2. The number of hydrogen-bond donors (Lipinski definition) is 6. The highest BCUT2D eigenvalue weighted by atomic mass is 16.7. The van der Waals surface area contributed by atoms with E-state index in [1.165, 1.54) is 154 Å². The maximum Gasteiger partial charge on any atom is 0.220 e. The number of aliphatic hydroxyl groups is 5. The number of rotatable bonds is 39. The van der Waals surface area contributed by atoms with E-state index in [1.54, 1.807) is 6.08 Å². The average Bonchev–Trinajstić information content (AvgIpc) is 3.21. The van der Waals surface area contributed by atoms with Crippen LogP contribution in [0.15, 0.2) is 36.5 Å². The smallest absolute Gasteiger partial charge is 0.220 e. The minimum absolute atomic E-state index is 0.191. The molecule has 0 aromatic heterocycles. The van der Waals surface area contributed by atoms with Crippen molar-refractivity contribution in [3.05, 3.63) is 36.5 Å². The molecule has 0 bridgehead atoms. The highest BCUT2D eigenvalue weighted by Crippen LogP contribution is 2.22. The van der Waals surface area contributed by atoms with E-state index < -0.39 is 49.5 Å². The summed E-state index contributed by atoms with van der Waals surface area (Å²) in [7, 11) is 0. The fourth-order valence-corrected chi connectivity index (χ4v) is 7.37. The number of amides is 1. The fourth-order valence-electron chi connectivity index (χ4n) is 7.37. The normalized spacial score (nSPS) is 21.3. The first-order valence-corrected chi connectivity index (χ1v) is 23.7. The quantitative estimate of drug-likeness (QED) is 0.0266. The van der Waals surface area contributed by atoms with Gasteiger partial charge in [-0.3, -0.25) is 4.79 Å². The van der Waals surface area contributed by atoms with Crippen LogP contribution in [0.1, 0.15) is 206 Å². The van der Waals surface area contributed by atoms with Gasteiger partial charge in [0.2, 0.25) is 5.91 Å². The lowest BCUT2D eigenvalue weighted by atomic mass is 9.99. The van der Waals surface area contributed by atoms with E-state index in [-0.39, 0.29) is 12.5 Å². The number of carbonyl (C=O) groups is 1. The number of aliphatic hydroxyl groups excluding tert-OH is 5. The van der Waals surface area contributed by atoms with Crippen molar-refractivity contribution in [1.29, 1.82) is 0 Å². The summed E-state index contributed by atoms with van der Waals surface area (Å²) in [6, 6.07) is -0.825. The van der Waals surface area contributed by atoms with Crippen molar-refractivity contribution in [2.24, 2.45) is 0 Å². The van der Waals surface area contributed by atoms with Crippen molar-refractivity contribution in [1.82, 2.24) is 5.32 Å². The molecule has 0 aromatic carbocycles. The van der Waals surface area contributed by atoms with Gasteiger partial charge >= 0.3 is 0 Å². The highest BCUT2D eigenvalue weighted by Gasteiger charge is 2.44. The Morgan fingerprint density at radius 3 is 1.51 bits per heavy atom. The molecule has 1 aliphatic rings. The molecule has 9 nitrogen and oxygen atoms in total. The summed E-state index contributed by atoms with van der Waals surface area (Å²) in [4.78, 5) is 13.0. The molecule has 1 saturated heterocycles. The molecule has 0 saturated carbocycles. The van der Waals surface area contributed by atoms with Gasteiger partial charge in [-0.05, 0) is 51.4 Å². The standard InChI is InChI=1S/C48H89NO8/c1-3-5-7-9-11-13-15-17-18-19-20-21-22-23-24-26-28-30-32-34-36-38-44(52)49-41(40-56-48-47(55)46(54)45(53)43(39-50)57-48)42(51)37-35-33-31-29-27-25-16-14-12-10-8-6-4-2/h17-18,29,31,35,37,41-43,45-48,50-51,53-55H,3-16,19-28,30,32-34,36,38-40H2,1-2H3,(H,49,52)/b18-17-,31-29?,37-35+/t41-,42+,43+,45+,46-,47+,48+/m0/s1. The lowest BCUT2D eigenvalue weighted by molar-refractivity contribution is -0.302. The average molecular weight is 808 g/mol. The first-order valence-electron chi connectivity index (χ1n) is 23.7. The van der Waals surface area contributed by atoms with E-state index in [0.717, 1.165) is 25.7 Å². The Kier molecular flexibility index (Phi) is 36.2. The molecule has 1 fully saturated rings. The van der Waals surface area contributed by atoms with Crippen molar-refractivity contribution < 1.29 is 39.8 Å². The molecule has 0 aromatic rings. The lowest BCUT2D eigenvalue weighted by Crippen LogP contribution is -2.60. The molecule has 0 spiro atoms. The van der Waals surface area contributed by atoms with Gasteiger partial charge in [-0.1, -0.05) is 185 Å². The second kappa shape index (κ2) is 38.6. The summed E-state index contributed by atoms with van der Waals surface area (Å²) in [5.74, 6) is -0.191. The van der Waals surface area contributed by atoms with Gasteiger partial charge < -0.3 is 40.3 Å². The van der Waals surface area contributed by atoms with E-state index in [4.69, 9.17) is 9.47 Å². The van der Waals surface area contributed by atoms with Gasteiger partial charge in [-0.15, -0.1) is 0 Å². The fraction of sp³-hybridized carbons (Fsp3) is 0.854. The van der Waals surface area contributed by atoms with E-state index in [2.05, 4.69) is 43.5 Å². The third kappa shape index (κ3) is 29.3. The predicted octanol–water partition coefficient (Wildman–Crippen LogP) is 10.1. The van der Waals surface area contributed by atoms with Gasteiger partial charge in [-0.25, -0.2) is 0 Å². The zero-order chi connectivity index (χ0) is 41.6. The van der Waals surface area contributed by atoms with Crippen molar-refractivity contribution in [2.75, 3.05) is 13.2 Å². The number of allylic oxidation sites excluding steroid dienone is 5. The van der Waals surface area contributed by atoms with Crippen LogP contribution < -0.4 is 5.32 Å². The summed E-state index contributed by atoms with van der Waals surface area (Å²) < 4.78 is 11.2. The molecule has 6 N–H and O–H groups in total. The maximum absolute atomic E-state index is 13.0. The van der Waals surface area contributed by atoms with Crippen molar-refractivity contribution in [2.45, 2.75) is 249 Å². The first-order chi connectivity index (χ1) is 27.8. The Hall–Kier alpha value is -1.59. The minimum Gasteiger partial charge on any atom is -0.394 e. The van der Waals surface area contributed by atoms with Crippen LogP contribution >= 0.6 is 0 Å². The molecule has 1 aliphatic heterocycles. The summed E-state index contributed by atoms with van der Waals surface area (Å²) >= 11 is 0. The van der Waals surface area contributed by atoms with Crippen LogP contribution in [0, 0.1) is 0 Å². The van der Waals surface area contributed by atoms with Gasteiger partial charge in [-0.2, -0.15) is 0 Å². The Morgan fingerprint density at radius 2 is 1.04 bits per heavy atom. The van der Waals surface area contributed by atoms with Crippen LogP contribution in [0.2, 0.25) is 0 Å². The number of unbranched alkanes of at least 4 members (excludes halogenated alkanes) is 25. The Labute approximate surface area is 349 Å². The molecule has 334 valence electrons. The van der Waals surface area contributed by atoms with E-state index in [0.29, 0.717) is 12.8 Å². The molecule has 9 heteroatoms. The molecular weight excluding hydrogens is 719 g/mol. The number of hydrogen-bond acceptors (Lipinski definition) is 8. The second-order valence-corrected chi connectivity index (χ2v) is 16.5. The summed E-state index contributed by atoms with van der Waals surface area (Å²) in [6.45, 7) is 3.74. The highest BCUT2D eigenvalue weighted by molar-refractivity contribution is 5.76. The SMILES string of the molecule is CCCCCCCC/C=C\CCCCCCCCCCCCCC(=O)N[C@@H](CO[C@@H]1O[C@H](CO)[C@@H](O)[C@H](O)[C@H]1O)[C@H](O)/C=C/CC=CCCCCCCCCCC. The van der Waals surface area contributed by atoms with Crippen LogP contribution in [0.3, 0.4) is 0 Å². The third-order valence-electron chi connectivity index (χ3n) is 11.2. The Bertz CT molecular complexity index is 987. The van der Waals surface area contributed by atoms with E-state index in [1.807, 2.05) is 6.08 Å². The van der Waals surface area contributed by atoms with Crippen LogP contribution in [0.4, 0.5) is 0 Å². The molecule has 1 amide bonds. The van der Waals surface area contributed by atoms with Gasteiger partial charge in [0.25, 0.3) is 0 Å². The number of ether oxygens (including phenoxy) is 2. The van der Waals surface area contributed by atoms with Crippen molar-refractivity contribution in [3.63, 3.8) is 0 Å².